The van der Waals surface area contributed by atoms with Crippen molar-refractivity contribution in [3.8, 4) is 0 Å². The summed E-state index contributed by atoms with van der Waals surface area (Å²) in [6, 6.07) is 9.54. The van der Waals surface area contributed by atoms with Crippen molar-refractivity contribution in [1.29, 1.82) is 0 Å². The number of benzene rings is 1. The van der Waals surface area contributed by atoms with E-state index in [0.717, 1.165) is 5.56 Å². The lowest BCUT2D eigenvalue weighted by molar-refractivity contribution is 0.0563. The summed E-state index contributed by atoms with van der Waals surface area (Å²) < 4.78 is 22.5. The van der Waals surface area contributed by atoms with Gasteiger partial charge in [0, 0.05) is 6.54 Å². The van der Waals surface area contributed by atoms with Crippen LogP contribution in [0.15, 0.2) is 40.8 Å². The van der Waals surface area contributed by atoms with Gasteiger partial charge in [-0.2, -0.15) is 0 Å². The molecule has 0 saturated heterocycles. The molecule has 4 nitrogen and oxygen atoms in total. The first kappa shape index (κ1) is 13.3. The molecule has 2 aromatic rings. The quantitative estimate of drug-likeness (QED) is 0.842. The maximum Gasteiger partial charge on any atom is 0.373 e. The van der Waals surface area contributed by atoms with Gasteiger partial charge < -0.3 is 14.5 Å². The summed E-state index contributed by atoms with van der Waals surface area (Å²) >= 11 is 0. The molecule has 100 valence electrons. The van der Waals surface area contributed by atoms with Crippen LogP contribution in [0.4, 0.5) is 4.39 Å². The van der Waals surface area contributed by atoms with E-state index in [4.69, 9.17) is 4.42 Å². The Hall–Kier alpha value is -2.14. The molecule has 0 fully saturated rings. The Balaban J connectivity index is 1.84. The summed E-state index contributed by atoms with van der Waals surface area (Å²) in [4.78, 5) is 11.2. The van der Waals surface area contributed by atoms with Gasteiger partial charge in [-0.3, -0.25) is 0 Å². The third-order valence-electron chi connectivity index (χ3n) is 2.59. The molecule has 19 heavy (non-hydrogen) atoms. The van der Waals surface area contributed by atoms with Crippen molar-refractivity contribution in [2.24, 2.45) is 0 Å². The largest absolute Gasteiger partial charge is 0.463 e. The molecule has 0 unspecified atom stereocenters. The van der Waals surface area contributed by atoms with Crippen molar-refractivity contribution in [2.75, 3.05) is 7.11 Å². The second kappa shape index (κ2) is 6.15. The van der Waals surface area contributed by atoms with Gasteiger partial charge in [-0.15, -0.1) is 0 Å². The molecule has 0 spiro atoms. The second-order valence-electron chi connectivity index (χ2n) is 3.99. The number of esters is 1. The molecular weight excluding hydrogens is 249 g/mol. The topological polar surface area (TPSA) is 51.5 Å². The van der Waals surface area contributed by atoms with E-state index < -0.39 is 5.97 Å². The van der Waals surface area contributed by atoms with Gasteiger partial charge in [0.15, 0.2) is 0 Å². The minimum atomic E-state index is -0.496. The van der Waals surface area contributed by atoms with Crippen molar-refractivity contribution in [3.63, 3.8) is 0 Å². The molecule has 5 heteroatoms. The molecule has 0 aliphatic heterocycles. The van der Waals surface area contributed by atoms with E-state index in [1.807, 2.05) is 0 Å². The highest BCUT2D eigenvalue weighted by atomic mass is 19.1. The highest BCUT2D eigenvalue weighted by Gasteiger charge is 2.10. The van der Waals surface area contributed by atoms with Gasteiger partial charge in [-0.1, -0.05) is 12.1 Å². The molecule has 0 radical (unpaired) electrons. The minimum absolute atomic E-state index is 0.182. The van der Waals surface area contributed by atoms with Crippen LogP contribution in [0.5, 0.6) is 0 Å². The number of halogens is 1. The Labute approximate surface area is 110 Å². The Morgan fingerprint density at radius 2 is 1.95 bits per heavy atom. The van der Waals surface area contributed by atoms with E-state index in [2.05, 4.69) is 10.1 Å². The number of rotatable bonds is 5. The highest BCUT2D eigenvalue weighted by Crippen LogP contribution is 2.09. The first-order valence-corrected chi connectivity index (χ1v) is 5.81. The molecule has 0 atom stereocenters. The number of ether oxygens (including phenoxy) is 1. The van der Waals surface area contributed by atoms with Gasteiger partial charge >= 0.3 is 5.97 Å². The summed E-state index contributed by atoms with van der Waals surface area (Å²) in [7, 11) is 1.30. The Bertz CT molecular complexity index is 548. The van der Waals surface area contributed by atoms with Crippen molar-refractivity contribution < 1.29 is 18.3 Å². The van der Waals surface area contributed by atoms with E-state index in [1.165, 1.54) is 19.2 Å². The lowest BCUT2D eigenvalue weighted by Crippen LogP contribution is -2.12. The van der Waals surface area contributed by atoms with Crippen LogP contribution in [-0.4, -0.2) is 13.1 Å². The molecule has 1 aromatic carbocycles. The van der Waals surface area contributed by atoms with Crippen LogP contribution < -0.4 is 5.32 Å². The van der Waals surface area contributed by atoms with Gasteiger partial charge in [-0.05, 0) is 29.8 Å². The van der Waals surface area contributed by atoms with Crippen LogP contribution >= 0.6 is 0 Å². The molecule has 1 N–H and O–H groups in total. The molecule has 0 saturated carbocycles. The van der Waals surface area contributed by atoms with Crippen molar-refractivity contribution >= 4 is 5.97 Å². The monoisotopic (exact) mass is 263 g/mol. The zero-order valence-corrected chi connectivity index (χ0v) is 10.5. The van der Waals surface area contributed by atoms with E-state index in [9.17, 15) is 9.18 Å². The van der Waals surface area contributed by atoms with E-state index >= 15 is 0 Å². The fraction of sp³-hybridized carbons (Fsp3) is 0.214. The molecule has 0 amide bonds. The molecule has 0 bridgehead atoms. The average Bonchev–Trinajstić information content (AvgIpc) is 2.89. The molecule has 1 aromatic heterocycles. The van der Waals surface area contributed by atoms with Gasteiger partial charge in [0.1, 0.15) is 11.6 Å². The smallest absolute Gasteiger partial charge is 0.373 e. The first-order valence-electron chi connectivity index (χ1n) is 5.81. The minimum Gasteiger partial charge on any atom is -0.463 e. The van der Waals surface area contributed by atoms with E-state index in [0.29, 0.717) is 18.8 Å². The number of hydrogen-bond donors (Lipinski definition) is 1. The summed E-state index contributed by atoms with van der Waals surface area (Å²) in [5.74, 6) is 0.0749. The third-order valence-corrected chi connectivity index (χ3v) is 2.59. The third kappa shape index (κ3) is 3.66. The van der Waals surface area contributed by atoms with Crippen LogP contribution in [-0.2, 0) is 17.8 Å². The van der Waals surface area contributed by atoms with Gasteiger partial charge in [0.05, 0.1) is 13.7 Å². The number of carbonyl (C=O) groups excluding carboxylic acids is 1. The van der Waals surface area contributed by atoms with E-state index in [-0.39, 0.29) is 11.6 Å². The molecule has 1 heterocycles. The maximum atomic E-state index is 12.7. The lowest BCUT2D eigenvalue weighted by atomic mass is 10.2. The first-order chi connectivity index (χ1) is 9.19. The number of methoxy groups -OCH3 is 1. The normalized spacial score (nSPS) is 10.4. The average molecular weight is 263 g/mol. The molecule has 0 aliphatic carbocycles. The van der Waals surface area contributed by atoms with Crippen molar-refractivity contribution in [3.05, 3.63) is 59.3 Å². The standard InChI is InChI=1S/C14H14FNO3/c1-18-14(17)13-7-6-12(19-13)9-16-8-10-2-4-11(15)5-3-10/h2-7,16H,8-9H2,1H3. The fourth-order valence-corrected chi connectivity index (χ4v) is 1.62. The molecular formula is C14H14FNO3. The fourth-order valence-electron chi connectivity index (χ4n) is 1.62. The second-order valence-corrected chi connectivity index (χ2v) is 3.99. The summed E-state index contributed by atoms with van der Waals surface area (Å²) in [6.07, 6.45) is 0. The van der Waals surface area contributed by atoms with Crippen LogP contribution in [0.25, 0.3) is 0 Å². The summed E-state index contributed by atoms with van der Waals surface area (Å²) in [5, 5.41) is 3.14. The predicted octanol–water partition coefficient (Wildman–Crippen LogP) is 2.50. The van der Waals surface area contributed by atoms with Gasteiger partial charge in [0.2, 0.25) is 5.76 Å². The van der Waals surface area contributed by atoms with Crippen molar-refractivity contribution in [2.45, 2.75) is 13.1 Å². The SMILES string of the molecule is COC(=O)c1ccc(CNCc2ccc(F)cc2)o1. The zero-order valence-electron chi connectivity index (χ0n) is 10.5. The maximum absolute atomic E-state index is 12.7. The highest BCUT2D eigenvalue weighted by molar-refractivity contribution is 5.86. The van der Waals surface area contributed by atoms with Gasteiger partial charge in [-0.25, -0.2) is 9.18 Å². The van der Waals surface area contributed by atoms with Crippen LogP contribution in [0, 0.1) is 5.82 Å². The number of furan rings is 1. The summed E-state index contributed by atoms with van der Waals surface area (Å²) in [5.41, 5.74) is 0.973. The number of nitrogens with one attached hydrogen (secondary N) is 1. The zero-order chi connectivity index (χ0) is 13.7. The Morgan fingerprint density at radius 1 is 1.21 bits per heavy atom. The van der Waals surface area contributed by atoms with Crippen LogP contribution in [0.3, 0.4) is 0 Å². The van der Waals surface area contributed by atoms with Crippen LogP contribution in [0.1, 0.15) is 21.9 Å². The number of hydrogen-bond acceptors (Lipinski definition) is 4. The van der Waals surface area contributed by atoms with Crippen molar-refractivity contribution in [1.82, 2.24) is 5.32 Å². The predicted molar refractivity (Wildman–Crippen MR) is 67.0 cm³/mol. The van der Waals surface area contributed by atoms with Gasteiger partial charge in [0.25, 0.3) is 0 Å². The molecule has 0 aliphatic rings. The lowest BCUT2D eigenvalue weighted by Gasteiger charge is -2.03. The number of carbonyl (C=O) groups is 1. The molecule has 2 rings (SSSR count). The van der Waals surface area contributed by atoms with E-state index in [1.54, 1.807) is 24.3 Å². The van der Waals surface area contributed by atoms with Crippen LogP contribution in [0.2, 0.25) is 0 Å². The Morgan fingerprint density at radius 3 is 2.63 bits per heavy atom. The Kier molecular flexibility index (Phi) is 4.30. The summed E-state index contributed by atoms with van der Waals surface area (Å²) in [6.45, 7) is 1.07.